The minimum atomic E-state index is -0.139. The molecule has 1 heterocycles. The Bertz CT molecular complexity index is 435. The Kier molecular flexibility index (Phi) is 4.91. The molecule has 1 aromatic rings. The van der Waals surface area contributed by atoms with Gasteiger partial charge >= 0.3 is 0 Å². The van der Waals surface area contributed by atoms with Crippen LogP contribution in [0.1, 0.15) is 50.6 Å². The Labute approximate surface area is 127 Å². The van der Waals surface area contributed by atoms with Crippen LogP contribution in [-0.4, -0.2) is 30.6 Å². The average Bonchev–Trinajstić information content (AvgIpc) is 3.15. The summed E-state index contributed by atoms with van der Waals surface area (Å²) in [5.41, 5.74) is 1.26. The first-order valence-electron chi connectivity index (χ1n) is 8.49. The first kappa shape index (κ1) is 15.0. The van der Waals surface area contributed by atoms with Crippen LogP contribution in [0.4, 0.5) is 4.39 Å². The molecule has 1 saturated carbocycles. The zero-order valence-electron chi connectivity index (χ0n) is 13.0. The first-order valence-corrected chi connectivity index (χ1v) is 8.49. The fraction of sp³-hybridized carbons (Fsp3) is 0.667. The van der Waals surface area contributed by atoms with Gasteiger partial charge in [0.15, 0.2) is 0 Å². The zero-order valence-corrected chi connectivity index (χ0v) is 13.0. The van der Waals surface area contributed by atoms with E-state index in [1.807, 2.05) is 12.1 Å². The van der Waals surface area contributed by atoms with Crippen LogP contribution < -0.4 is 5.32 Å². The van der Waals surface area contributed by atoms with Crippen molar-refractivity contribution in [1.29, 1.82) is 0 Å². The highest BCUT2D eigenvalue weighted by atomic mass is 19.1. The predicted octanol–water partition coefficient (Wildman–Crippen LogP) is 3.74. The second-order valence-corrected chi connectivity index (χ2v) is 6.67. The van der Waals surface area contributed by atoms with Gasteiger partial charge < -0.3 is 5.32 Å². The van der Waals surface area contributed by atoms with E-state index in [1.165, 1.54) is 37.8 Å². The van der Waals surface area contributed by atoms with Crippen LogP contribution in [0.15, 0.2) is 24.3 Å². The lowest BCUT2D eigenvalue weighted by atomic mass is 10.0. The molecule has 1 aromatic carbocycles. The van der Waals surface area contributed by atoms with Crippen molar-refractivity contribution in [2.45, 2.75) is 51.1 Å². The maximum atomic E-state index is 13.2. The normalized spacial score (nSPS) is 23.7. The van der Waals surface area contributed by atoms with E-state index in [1.54, 1.807) is 12.1 Å². The summed E-state index contributed by atoms with van der Waals surface area (Å²) in [5.74, 6) is 0.751. The Morgan fingerprint density at radius 3 is 2.52 bits per heavy atom. The fourth-order valence-electron chi connectivity index (χ4n) is 3.55. The molecule has 21 heavy (non-hydrogen) atoms. The van der Waals surface area contributed by atoms with Crippen LogP contribution in [0.2, 0.25) is 0 Å². The van der Waals surface area contributed by atoms with Gasteiger partial charge in [0.2, 0.25) is 0 Å². The molecule has 3 rings (SSSR count). The standard InChI is InChI=1S/C18H27FN2/c1-2-18(15-7-9-16(19)10-8-15)21(12-14-5-6-14)13-17-4-3-11-20-17/h7-10,14,17-18,20H,2-6,11-13H2,1H3. The van der Waals surface area contributed by atoms with E-state index in [0.29, 0.717) is 12.1 Å². The molecular formula is C18H27FN2. The van der Waals surface area contributed by atoms with Crippen LogP contribution >= 0.6 is 0 Å². The summed E-state index contributed by atoms with van der Waals surface area (Å²) in [6.07, 6.45) is 6.45. The second kappa shape index (κ2) is 6.89. The lowest BCUT2D eigenvalue weighted by Gasteiger charge is -2.33. The number of benzene rings is 1. The summed E-state index contributed by atoms with van der Waals surface area (Å²) in [7, 11) is 0. The van der Waals surface area contributed by atoms with Gasteiger partial charge in [-0.15, -0.1) is 0 Å². The van der Waals surface area contributed by atoms with Crippen LogP contribution in [0.25, 0.3) is 0 Å². The minimum absolute atomic E-state index is 0.139. The Morgan fingerprint density at radius 1 is 1.19 bits per heavy atom. The second-order valence-electron chi connectivity index (χ2n) is 6.67. The highest BCUT2D eigenvalue weighted by Gasteiger charge is 2.30. The molecule has 2 atom stereocenters. The highest BCUT2D eigenvalue weighted by Crippen LogP contribution is 2.34. The summed E-state index contributed by atoms with van der Waals surface area (Å²) in [5, 5.41) is 3.62. The molecule has 2 unspecified atom stereocenters. The van der Waals surface area contributed by atoms with Gasteiger partial charge in [0.25, 0.3) is 0 Å². The number of nitrogens with zero attached hydrogens (tertiary/aromatic N) is 1. The van der Waals surface area contributed by atoms with Gasteiger partial charge in [0.1, 0.15) is 5.82 Å². The molecule has 2 fully saturated rings. The summed E-state index contributed by atoms with van der Waals surface area (Å²) in [4.78, 5) is 2.65. The van der Waals surface area contributed by atoms with Crippen molar-refractivity contribution >= 4 is 0 Å². The fourth-order valence-corrected chi connectivity index (χ4v) is 3.55. The number of hydrogen-bond donors (Lipinski definition) is 1. The number of nitrogens with one attached hydrogen (secondary N) is 1. The van der Waals surface area contributed by atoms with Gasteiger partial charge in [0, 0.05) is 25.2 Å². The van der Waals surface area contributed by atoms with Crippen molar-refractivity contribution in [2.24, 2.45) is 5.92 Å². The lowest BCUT2D eigenvalue weighted by molar-refractivity contribution is 0.168. The van der Waals surface area contributed by atoms with Crippen LogP contribution in [0, 0.1) is 11.7 Å². The molecule has 0 aromatic heterocycles. The molecule has 3 heteroatoms. The molecule has 0 bridgehead atoms. The molecule has 1 N–H and O–H groups in total. The summed E-state index contributed by atoms with van der Waals surface area (Å²) in [6.45, 7) is 5.74. The van der Waals surface area contributed by atoms with E-state index in [-0.39, 0.29) is 5.82 Å². The molecule has 2 nitrogen and oxygen atoms in total. The molecule has 1 saturated heterocycles. The number of rotatable bonds is 7. The van der Waals surface area contributed by atoms with Gasteiger partial charge in [-0.05, 0) is 62.3 Å². The largest absolute Gasteiger partial charge is 0.313 e. The monoisotopic (exact) mass is 290 g/mol. The maximum Gasteiger partial charge on any atom is 0.123 e. The number of halogens is 1. The van der Waals surface area contributed by atoms with Crippen LogP contribution in [0.5, 0.6) is 0 Å². The average molecular weight is 290 g/mol. The van der Waals surface area contributed by atoms with Gasteiger partial charge in [-0.1, -0.05) is 19.1 Å². The molecule has 1 aliphatic heterocycles. The number of hydrogen-bond acceptors (Lipinski definition) is 2. The third-order valence-corrected chi connectivity index (χ3v) is 4.89. The van der Waals surface area contributed by atoms with Gasteiger partial charge in [-0.2, -0.15) is 0 Å². The molecule has 1 aliphatic carbocycles. The molecule has 0 radical (unpaired) electrons. The van der Waals surface area contributed by atoms with Crippen molar-refractivity contribution in [3.8, 4) is 0 Å². The Hall–Kier alpha value is -0.930. The summed E-state index contributed by atoms with van der Waals surface area (Å²) in [6, 6.07) is 8.19. The molecule has 0 spiro atoms. The van der Waals surface area contributed by atoms with E-state index in [0.717, 1.165) is 25.4 Å². The quantitative estimate of drug-likeness (QED) is 0.823. The van der Waals surface area contributed by atoms with Crippen molar-refractivity contribution in [1.82, 2.24) is 10.2 Å². The van der Waals surface area contributed by atoms with Crippen molar-refractivity contribution < 1.29 is 4.39 Å². The molecule has 0 amide bonds. The van der Waals surface area contributed by atoms with E-state index in [9.17, 15) is 4.39 Å². The maximum absolute atomic E-state index is 13.2. The van der Waals surface area contributed by atoms with Gasteiger partial charge in [0.05, 0.1) is 0 Å². The van der Waals surface area contributed by atoms with Crippen molar-refractivity contribution in [3.63, 3.8) is 0 Å². The third-order valence-electron chi connectivity index (χ3n) is 4.89. The third kappa shape index (κ3) is 4.04. The van der Waals surface area contributed by atoms with Gasteiger partial charge in [-0.3, -0.25) is 4.90 Å². The smallest absolute Gasteiger partial charge is 0.123 e. The highest BCUT2D eigenvalue weighted by molar-refractivity contribution is 5.20. The lowest BCUT2D eigenvalue weighted by Crippen LogP contribution is -2.40. The molecule has 2 aliphatic rings. The van der Waals surface area contributed by atoms with E-state index in [4.69, 9.17) is 0 Å². The summed E-state index contributed by atoms with van der Waals surface area (Å²) >= 11 is 0. The van der Waals surface area contributed by atoms with Crippen molar-refractivity contribution in [3.05, 3.63) is 35.6 Å². The predicted molar refractivity (Wildman–Crippen MR) is 84.8 cm³/mol. The summed E-state index contributed by atoms with van der Waals surface area (Å²) < 4.78 is 13.2. The van der Waals surface area contributed by atoms with Crippen LogP contribution in [0.3, 0.4) is 0 Å². The minimum Gasteiger partial charge on any atom is -0.313 e. The first-order chi connectivity index (χ1) is 10.3. The Morgan fingerprint density at radius 2 is 1.95 bits per heavy atom. The van der Waals surface area contributed by atoms with E-state index >= 15 is 0 Å². The molecule has 116 valence electrons. The van der Waals surface area contributed by atoms with Crippen molar-refractivity contribution in [2.75, 3.05) is 19.6 Å². The Balaban J connectivity index is 1.72. The van der Waals surface area contributed by atoms with E-state index in [2.05, 4.69) is 17.1 Å². The topological polar surface area (TPSA) is 15.3 Å². The van der Waals surface area contributed by atoms with E-state index < -0.39 is 0 Å². The SMILES string of the molecule is CCC(c1ccc(F)cc1)N(CC1CC1)CC1CCCN1. The van der Waals surface area contributed by atoms with Gasteiger partial charge in [-0.25, -0.2) is 4.39 Å². The van der Waals surface area contributed by atoms with Crippen LogP contribution in [-0.2, 0) is 0 Å². The zero-order chi connectivity index (χ0) is 14.7. The molecular weight excluding hydrogens is 263 g/mol.